The van der Waals surface area contributed by atoms with Gasteiger partial charge in [-0.25, -0.2) is 0 Å². The Balaban J connectivity index is 2.14. The van der Waals surface area contributed by atoms with Crippen LogP contribution < -0.4 is 10.6 Å². The van der Waals surface area contributed by atoms with Crippen molar-refractivity contribution in [1.82, 2.24) is 4.98 Å². The fourth-order valence-corrected chi connectivity index (χ4v) is 2.50. The van der Waals surface area contributed by atoms with Crippen molar-refractivity contribution >= 4 is 38.8 Å². The molecule has 0 bridgehead atoms. The minimum Gasteiger partial charge on any atom is -0.389 e. The smallest absolute Gasteiger partial charge is 0.106 e. The molecule has 0 saturated carbocycles. The van der Waals surface area contributed by atoms with Crippen molar-refractivity contribution in [3.8, 4) is 0 Å². The first kappa shape index (κ1) is 14.9. The Hall–Kier alpha value is -1.46. The van der Waals surface area contributed by atoms with E-state index in [-0.39, 0.29) is 0 Å². The number of aromatic nitrogens is 1. The van der Waals surface area contributed by atoms with Gasteiger partial charge in [-0.05, 0) is 30.3 Å². The minimum absolute atomic E-state index is 0.414. The SMILES string of the molecule is CN(CCc1ccccn1)c1cc(Br)ccc1C(N)=S. The van der Waals surface area contributed by atoms with E-state index in [2.05, 4.69) is 25.8 Å². The van der Waals surface area contributed by atoms with Crippen molar-refractivity contribution in [2.45, 2.75) is 6.42 Å². The molecule has 0 aliphatic heterocycles. The summed E-state index contributed by atoms with van der Waals surface area (Å²) in [6.07, 6.45) is 2.69. The van der Waals surface area contributed by atoms with Crippen LogP contribution in [0.4, 0.5) is 5.69 Å². The number of nitrogens with zero attached hydrogens (tertiary/aromatic N) is 2. The number of thiocarbonyl (C=S) groups is 1. The van der Waals surface area contributed by atoms with Crippen LogP contribution >= 0.6 is 28.1 Å². The van der Waals surface area contributed by atoms with Crippen molar-refractivity contribution < 1.29 is 0 Å². The average molecular weight is 350 g/mol. The van der Waals surface area contributed by atoms with Gasteiger partial charge in [0.25, 0.3) is 0 Å². The van der Waals surface area contributed by atoms with Crippen molar-refractivity contribution in [3.05, 3.63) is 58.3 Å². The number of rotatable bonds is 5. The lowest BCUT2D eigenvalue weighted by atomic mass is 10.1. The maximum atomic E-state index is 5.79. The number of pyridine rings is 1. The highest BCUT2D eigenvalue weighted by Gasteiger charge is 2.10. The van der Waals surface area contributed by atoms with Gasteiger partial charge in [0.2, 0.25) is 0 Å². The zero-order chi connectivity index (χ0) is 14.5. The number of hydrogen-bond acceptors (Lipinski definition) is 3. The third-order valence-electron chi connectivity index (χ3n) is 3.07. The lowest BCUT2D eigenvalue weighted by Gasteiger charge is -2.22. The highest BCUT2D eigenvalue weighted by Crippen LogP contribution is 2.24. The molecule has 0 fully saturated rings. The highest BCUT2D eigenvalue weighted by molar-refractivity contribution is 9.10. The standard InChI is InChI=1S/C15H16BrN3S/c1-19(9-7-12-4-2-3-8-18-12)14-10-11(16)5-6-13(14)15(17)20/h2-6,8,10H,7,9H2,1H3,(H2,17,20). The van der Waals surface area contributed by atoms with Crippen LogP contribution in [0.1, 0.15) is 11.3 Å². The van der Waals surface area contributed by atoms with E-state index in [0.717, 1.165) is 34.4 Å². The van der Waals surface area contributed by atoms with Crippen LogP contribution in [-0.2, 0) is 6.42 Å². The molecule has 0 unspecified atom stereocenters. The van der Waals surface area contributed by atoms with Gasteiger partial charge in [-0.1, -0.05) is 34.2 Å². The summed E-state index contributed by atoms with van der Waals surface area (Å²) in [5.41, 5.74) is 8.79. The fourth-order valence-electron chi connectivity index (χ4n) is 1.98. The molecule has 2 N–H and O–H groups in total. The van der Waals surface area contributed by atoms with Crippen LogP contribution in [0.5, 0.6) is 0 Å². The quantitative estimate of drug-likeness (QED) is 0.842. The largest absolute Gasteiger partial charge is 0.389 e. The monoisotopic (exact) mass is 349 g/mol. The van der Waals surface area contributed by atoms with E-state index in [9.17, 15) is 0 Å². The van der Waals surface area contributed by atoms with E-state index < -0.39 is 0 Å². The van der Waals surface area contributed by atoms with E-state index in [1.54, 1.807) is 0 Å². The molecular weight excluding hydrogens is 334 g/mol. The molecule has 0 aliphatic carbocycles. The summed E-state index contributed by atoms with van der Waals surface area (Å²) in [7, 11) is 2.03. The molecule has 20 heavy (non-hydrogen) atoms. The van der Waals surface area contributed by atoms with Crippen LogP contribution in [0.15, 0.2) is 47.1 Å². The number of likely N-dealkylation sites (N-methyl/N-ethyl adjacent to an activating group) is 1. The molecule has 1 aromatic carbocycles. The average Bonchev–Trinajstić information content (AvgIpc) is 2.45. The van der Waals surface area contributed by atoms with Gasteiger partial charge in [0, 0.05) is 47.6 Å². The molecule has 5 heteroatoms. The summed E-state index contributed by atoms with van der Waals surface area (Å²) < 4.78 is 1.01. The summed E-state index contributed by atoms with van der Waals surface area (Å²) in [6.45, 7) is 0.850. The molecule has 1 heterocycles. The molecule has 2 rings (SSSR count). The summed E-state index contributed by atoms with van der Waals surface area (Å²) in [4.78, 5) is 6.89. The molecule has 0 atom stereocenters. The Bertz CT molecular complexity index is 601. The zero-order valence-electron chi connectivity index (χ0n) is 11.2. The van der Waals surface area contributed by atoms with Crippen LogP contribution in [0.3, 0.4) is 0 Å². The number of benzene rings is 1. The van der Waals surface area contributed by atoms with Gasteiger partial charge < -0.3 is 10.6 Å². The molecule has 0 radical (unpaired) electrons. The first-order valence-corrected chi connectivity index (χ1v) is 7.48. The fraction of sp³-hybridized carbons (Fsp3) is 0.200. The molecule has 0 saturated heterocycles. The van der Waals surface area contributed by atoms with Gasteiger partial charge in [0.1, 0.15) is 4.99 Å². The van der Waals surface area contributed by atoms with E-state index >= 15 is 0 Å². The lowest BCUT2D eigenvalue weighted by Crippen LogP contribution is -2.24. The third-order valence-corrected chi connectivity index (χ3v) is 3.78. The predicted octanol–water partition coefficient (Wildman–Crippen LogP) is 3.16. The number of halogens is 1. The third kappa shape index (κ3) is 3.77. The highest BCUT2D eigenvalue weighted by atomic mass is 79.9. The van der Waals surface area contributed by atoms with E-state index in [4.69, 9.17) is 18.0 Å². The van der Waals surface area contributed by atoms with Crippen LogP contribution in [-0.4, -0.2) is 23.6 Å². The molecule has 0 amide bonds. The van der Waals surface area contributed by atoms with Crippen LogP contribution in [0.25, 0.3) is 0 Å². The van der Waals surface area contributed by atoms with Crippen molar-refractivity contribution in [2.24, 2.45) is 5.73 Å². The van der Waals surface area contributed by atoms with Gasteiger partial charge in [0.15, 0.2) is 0 Å². The minimum atomic E-state index is 0.414. The second-order valence-electron chi connectivity index (χ2n) is 4.52. The predicted molar refractivity (Wildman–Crippen MR) is 91.2 cm³/mol. The number of nitrogens with two attached hydrogens (primary N) is 1. The van der Waals surface area contributed by atoms with Crippen molar-refractivity contribution in [3.63, 3.8) is 0 Å². The van der Waals surface area contributed by atoms with Gasteiger partial charge in [-0.2, -0.15) is 0 Å². The molecule has 0 aliphatic rings. The van der Waals surface area contributed by atoms with Gasteiger partial charge in [-0.3, -0.25) is 4.98 Å². The Kier molecular flexibility index (Phi) is 5.09. The van der Waals surface area contributed by atoms with Crippen LogP contribution in [0.2, 0.25) is 0 Å². The van der Waals surface area contributed by atoms with E-state index in [0.29, 0.717) is 4.99 Å². The van der Waals surface area contributed by atoms with Crippen LogP contribution in [0, 0.1) is 0 Å². The molecule has 0 spiro atoms. The normalized spacial score (nSPS) is 10.3. The van der Waals surface area contributed by atoms with Gasteiger partial charge in [-0.15, -0.1) is 0 Å². The topological polar surface area (TPSA) is 42.2 Å². The summed E-state index contributed by atoms with van der Waals surface area (Å²) in [6, 6.07) is 11.9. The van der Waals surface area contributed by atoms with E-state index in [1.807, 2.05) is 49.6 Å². The Morgan fingerprint density at radius 2 is 2.15 bits per heavy atom. The molecule has 3 nitrogen and oxygen atoms in total. The molecule has 104 valence electrons. The Labute approximate surface area is 132 Å². The van der Waals surface area contributed by atoms with Gasteiger partial charge >= 0.3 is 0 Å². The first-order chi connectivity index (χ1) is 9.58. The number of anilines is 1. The van der Waals surface area contributed by atoms with E-state index in [1.165, 1.54) is 0 Å². The maximum Gasteiger partial charge on any atom is 0.106 e. The summed E-state index contributed by atoms with van der Waals surface area (Å²) in [5.74, 6) is 0. The molecule has 2 aromatic rings. The number of hydrogen-bond donors (Lipinski definition) is 1. The molecule has 1 aromatic heterocycles. The van der Waals surface area contributed by atoms with Crippen molar-refractivity contribution in [2.75, 3.05) is 18.5 Å². The van der Waals surface area contributed by atoms with Gasteiger partial charge in [0.05, 0.1) is 0 Å². The lowest BCUT2D eigenvalue weighted by molar-refractivity contribution is 0.851. The maximum absolute atomic E-state index is 5.79. The zero-order valence-corrected chi connectivity index (χ0v) is 13.6. The summed E-state index contributed by atoms with van der Waals surface area (Å²) >= 11 is 8.60. The Morgan fingerprint density at radius 3 is 2.80 bits per heavy atom. The second kappa shape index (κ2) is 6.81. The Morgan fingerprint density at radius 1 is 1.35 bits per heavy atom. The molecular formula is C15H16BrN3S. The second-order valence-corrected chi connectivity index (χ2v) is 5.87. The first-order valence-electron chi connectivity index (χ1n) is 6.28. The van der Waals surface area contributed by atoms with Crippen molar-refractivity contribution in [1.29, 1.82) is 0 Å². The summed E-state index contributed by atoms with van der Waals surface area (Å²) in [5, 5.41) is 0.